The van der Waals surface area contributed by atoms with E-state index in [0.29, 0.717) is 5.91 Å². The molecule has 0 aromatic heterocycles. The van der Waals surface area contributed by atoms with Crippen LogP contribution in [-0.2, 0) is 9.53 Å². The number of morpholine rings is 1. The van der Waals surface area contributed by atoms with Crippen LogP contribution in [0.1, 0.15) is 64.7 Å². The molecular weight excluding hydrogens is 288 g/mol. The van der Waals surface area contributed by atoms with Gasteiger partial charge in [-0.15, -0.1) is 0 Å². The summed E-state index contributed by atoms with van der Waals surface area (Å²) >= 11 is 0. The fraction of sp³-hybridized carbons (Fsp3) is 0.947. The Morgan fingerprint density at radius 2 is 1.83 bits per heavy atom. The van der Waals surface area contributed by atoms with Crippen LogP contribution < -0.4 is 5.32 Å². The molecule has 2 fully saturated rings. The monoisotopic (exact) mass is 324 g/mol. The Morgan fingerprint density at radius 1 is 1.09 bits per heavy atom. The molecule has 1 heterocycles. The molecule has 0 unspecified atom stereocenters. The first-order valence-corrected chi connectivity index (χ1v) is 9.87. The highest BCUT2D eigenvalue weighted by molar-refractivity contribution is 5.78. The summed E-state index contributed by atoms with van der Waals surface area (Å²) in [6.45, 7) is 8.12. The minimum Gasteiger partial charge on any atom is -0.379 e. The van der Waals surface area contributed by atoms with Gasteiger partial charge >= 0.3 is 0 Å². The molecule has 23 heavy (non-hydrogen) atoms. The van der Waals surface area contributed by atoms with Crippen LogP contribution in [0.2, 0.25) is 0 Å². The zero-order valence-corrected chi connectivity index (χ0v) is 15.0. The predicted molar refractivity (Wildman–Crippen MR) is 94.5 cm³/mol. The Bertz CT molecular complexity index is 321. The topological polar surface area (TPSA) is 41.6 Å². The van der Waals surface area contributed by atoms with Crippen molar-refractivity contribution in [2.45, 2.75) is 64.7 Å². The van der Waals surface area contributed by atoms with Gasteiger partial charge in [0.2, 0.25) is 5.91 Å². The molecule has 0 bridgehead atoms. The fourth-order valence-electron chi connectivity index (χ4n) is 3.85. The van der Waals surface area contributed by atoms with Gasteiger partial charge in [0.1, 0.15) is 0 Å². The van der Waals surface area contributed by atoms with Crippen molar-refractivity contribution in [2.24, 2.45) is 11.8 Å². The summed E-state index contributed by atoms with van der Waals surface area (Å²) in [6, 6.07) is 0. The van der Waals surface area contributed by atoms with Crippen LogP contribution in [0, 0.1) is 11.8 Å². The van der Waals surface area contributed by atoms with Gasteiger partial charge in [0, 0.05) is 25.6 Å². The number of nitrogens with one attached hydrogen (secondary N) is 1. The molecular formula is C19H36N2O2. The second-order valence-electron chi connectivity index (χ2n) is 7.31. The molecule has 0 aromatic rings. The van der Waals surface area contributed by atoms with Gasteiger partial charge in [0.05, 0.1) is 13.2 Å². The van der Waals surface area contributed by atoms with E-state index in [4.69, 9.17) is 4.74 Å². The van der Waals surface area contributed by atoms with E-state index in [9.17, 15) is 4.79 Å². The molecule has 0 radical (unpaired) electrons. The normalized spacial score (nSPS) is 26.1. The van der Waals surface area contributed by atoms with E-state index in [1.807, 2.05) is 0 Å². The van der Waals surface area contributed by atoms with Crippen LogP contribution in [0.15, 0.2) is 0 Å². The van der Waals surface area contributed by atoms with Crippen LogP contribution in [-0.4, -0.2) is 50.2 Å². The lowest BCUT2D eigenvalue weighted by molar-refractivity contribution is -0.126. The smallest absolute Gasteiger partial charge is 0.223 e. The molecule has 0 aromatic carbocycles. The molecule has 134 valence electrons. The third kappa shape index (κ3) is 7.21. The van der Waals surface area contributed by atoms with Crippen LogP contribution in [0.5, 0.6) is 0 Å². The number of amides is 1. The molecule has 4 nitrogen and oxygen atoms in total. The van der Waals surface area contributed by atoms with Gasteiger partial charge in [-0.1, -0.05) is 26.2 Å². The van der Waals surface area contributed by atoms with E-state index < -0.39 is 0 Å². The Morgan fingerprint density at radius 3 is 2.52 bits per heavy atom. The van der Waals surface area contributed by atoms with Crippen molar-refractivity contribution in [1.82, 2.24) is 10.2 Å². The Labute approximate surface area is 142 Å². The summed E-state index contributed by atoms with van der Waals surface area (Å²) in [7, 11) is 0. The number of hydrogen-bond donors (Lipinski definition) is 1. The largest absolute Gasteiger partial charge is 0.379 e. The SMILES string of the molecule is CCCCC1CCC(C(=O)NCCCCN2CCOCC2)CC1. The first-order chi connectivity index (χ1) is 11.3. The summed E-state index contributed by atoms with van der Waals surface area (Å²) in [5.41, 5.74) is 0. The van der Waals surface area contributed by atoms with Crippen LogP contribution in [0.25, 0.3) is 0 Å². The molecule has 4 heteroatoms. The maximum Gasteiger partial charge on any atom is 0.223 e. The molecule has 1 aliphatic carbocycles. The van der Waals surface area contributed by atoms with Gasteiger partial charge in [-0.2, -0.15) is 0 Å². The van der Waals surface area contributed by atoms with Crippen molar-refractivity contribution in [3.63, 3.8) is 0 Å². The van der Waals surface area contributed by atoms with E-state index >= 15 is 0 Å². The van der Waals surface area contributed by atoms with E-state index in [-0.39, 0.29) is 5.92 Å². The highest BCUT2D eigenvalue weighted by Crippen LogP contribution is 2.31. The number of unbranched alkanes of at least 4 members (excludes halogenated alkanes) is 2. The Hall–Kier alpha value is -0.610. The fourth-order valence-corrected chi connectivity index (χ4v) is 3.85. The first kappa shape index (κ1) is 18.7. The van der Waals surface area contributed by atoms with Crippen molar-refractivity contribution >= 4 is 5.91 Å². The second kappa shape index (κ2) is 11.0. The minimum absolute atomic E-state index is 0.284. The number of carbonyl (C=O) groups is 1. The predicted octanol–water partition coefficient (Wildman–Crippen LogP) is 3.21. The standard InChI is InChI=1S/C19H36N2O2/c1-2-3-6-17-7-9-18(10-8-17)19(22)20-11-4-5-12-21-13-15-23-16-14-21/h17-18H,2-16H2,1H3,(H,20,22). The molecule has 1 aliphatic heterocycles. The first-order valence-electron chi connectivity index (χ1n) is 9.87. The van der Waals surface area contributed by atoms with Crippen molar-refractivity contribution < 1.29 is 9.53 Å². The maximum absolute atomic E-state index is 12.2. The third-order valence-electron chi connectivity index (χ3n) is 5.49. The van der Waals surface area contributed by atoms with E-state index in [1.54, 1.807) is 0 Å². The third-order valence-corrected chi connectivity index (χ3v) is 5.49. The molecule has 0 atom stereocenters. The summed E-state index contributed by atoms with van der Waals surface area (Å²) in [5.74, 6) is 1.48. The molecule has 2 rings (SSSR count). The van der Waals surface area contributed by atoms with Gasteiger partial charge < -0.3 is 10.1 Å². The van der Waals surface area contributed by atoms with E-state index in [1.165, 1.54) is 38.5 Å². The zero-order valence-electron chi connectivity index (χ0n) is 15.0. The average molecular weight is 325 g/mol. The molecule has 0 spiro atoms. The molecule has 1 saturated heterocycles. The lowest BCUT2D eigenvalue weighted by Crippen LogP contribution is -2.37. The lowest BCUT2D eigenvalue weighted by atomic mass is 9.79. The number of ether oxygens (including phenoxy) is 1. The molecule has 2 aliphatic rings. The summed E-state index contributed by atoms with van der Waals surface area (Å²) in [6.07, 6.45) is 11.0. The van der Waals surface area contributed by atoms with Gasteiger partial charge in [-0.05, 0) is 51.0 Å². The number of hydrogen-bond acceptors (Lipinski definition) is 3. The summed E-state index contributed by atoms with van der Waals surface area (Å²) in [5, 5.41) is 3.17. The minimum atomic E-state index is 0.284. The van der Waals surface area contributed by atoms with E-state index in [0.717, 1.165) is 64.6 Å². The molecule has 1 N–H and O–H groups in total. The number of carbonyl (C=O) groups excluding carboxylic acids is 1. The zero-order chi connectivity index (χ0) is 16.3. The van der Waals surface area contributed by atoms with E-state index in [2.05, 4.69) is 17.1 Å². The number of nitrogens with zero attached hydrogens (tertiary/aromatic N) is 1. The van der Waals surface area contributed by atoms with Crippen molar-refractivity contribution in [3.05, 3.63) is 0 Å². The molecule has 1 amide bonds. The highest BCUT2D eigenvalue weighted by atomic mass is 16.5. The maximum atomic E-state index is 12.2. The van der Waals surface area contributed by atoms with Crippen LogP contribution >= 0.6 is 0 Å². The molecule has 1 saturated carbocycles. The lowest BCUT2D eigenvalue weighted by Gasteiger charge is -2.28. The quantitative estimate of drug-likeness (QED) is 0.662. The Kier molecular flexibility index (Phi) is 8.98. The van der Waals surface area contributed by atoms with Gasteiger partial charge in [0.25, 0.3) is 0 Å². The number of rotatable bonds is 9. The summed E-state index contributed by atoms with van der Waals surface area (Å²) in [4.78, 5) is 14.7. The van der Waals surface area contributed by atoms with Crippen molar-refractivity contribution in [1.29, 1.82) is 0 Å². The van der Waals surface area contributed by atoms with Crippen LogP contribution in [0.3, 0.4) is 0 Å². The second-order valence-corrected chi connectivity index (χ2v) is 7.31. The van der Waals surface area contributed by atoms with Gasteiger partial charge in [-0.25, -0.2) is 0 Å². The van der Waals surface area contributed by atoms with Crippen LogP contribution in [0.4, 0.5) is 0 Å². The highest BCUT2D eigenvalue weighted by Gasteiger charge is 2.25. The van der Waals surface area contributed by atoms with Crippen molar-refractivity contribution in [3.8, 4) is 0 Å². The Balaban J connectivity index is 1.48. The van der Waals surface area contributed by atoms with Crippen molar-refractivity contribution in [2.75, 3.05) is 39.4 Å². The van der Waals surface area contributed by atoms with Gasteiger partial charge in [-0.3, -0.25) is 9.69 Å². The van der Waals surface area contributed by atoms with Gasteiger partial charge in [0.15, 0.2) is 0 Å². The average Bonchev–Trinajstić information content (AvgIpc) is 2.61. The summed E-state index contributed by atoms with van der Waals surface area (Å²) < 4.78 is 5.36.